The van der Waals surface area contributed by atoms with Crippen LogP contribution in [0.5, 0.6) is 0 Å². The van der Waals surface area contributed by atoms with E-state index in [1.807, 2.05) is 6.92 Å². The van der Waals surface area contributed by atoms with Crippen LogP contribution in [0.1, 0.15) is 19.8 Å². The van der Waals surface area contributed by atoms with Crippen molar-refractivity contribution in [3.63, 3.8) is 0 Å². The highest BCUT2D eigenvalue weighted by atomic mass is 16.6. The summed E-state index contributed by atoms with van der Waals surface area (Å²) in [5.41, 5.74) is 0.391. The van der Waals surface area contributed by atoms with Crippen molar-refractivity contribution in [2.45, 2.75) is 19.8 Å². The second kappa shape index (κ2) is 2.17. The minimum atomic E-state index is -0.288. The van der Waals surface area contributed by atoms with Gasteiger partial charge in [-0.15, -0.1) is 0 Å². The molecule has 9 heavy (non-hydrogen) atoms. The van der Waals surface area contributed by atoms with Gasteiger partial charge in [-0.25, -0.2) is 0 Å². The quantitative estimate of drug-likeness (QED) is 0.396. The Morgan fingerprint density at radius 1 is 1.89 bits per heavy atom. The summed E-state index contributed by atoms with van der Waals surface area (Å²) >= 11 is 0. The molecule has 0 bridgehead atoms. The normalized spacial score (nSPS) is 25.9. The number of nitrogens with zero attached hydrogens (tertiary/aromatic N) is 1. The zero-order chi connectivity index (χ0) is 6.85. The van der Waals surface area contributed by atoms with Gasteiger partial charge in [0.1, 0.15) is 0 Å². The minimum absolute atomic E-state index is 0.288. The van der Waals surface area contributed by atoms with Gasteiger partial charge in [-0.3, -0.25) is 10.1 Å². The van der Waals surface area contributed by atoms with Gasteiger partial charge in [-0.1, -0.05) is 6.92 Å². The molecule has 0 spiro atoms. The Kier molecular flexibility index (Phi) is 1.51. The first-order valence-electron chi connectivity index (χ1n) is 3.03. The molecule has 3 heteroatoms. The lowest BCUT2D eigenvalue weighted by atomic mass is 10.1. The standard InChI is InChI=1S/C6H9NO2/c1-5-2-3-6(4-5)7(8)9/h3,5H,2,4H2,1H3/t5-/m1/s1. The molecule has 0 aliphatic heterocycles. The summed E-state index contributed by atoms with van der Waals surface area (Å²) < 4.78 is 0. The van der Waals surface area contributed by atoms with Crippen molar-refractivity contribution in [1.82, 2.24) is 0 Å². The van der Waals surface area contributed by atoms with Gasteiger partial charge < -0.3 is 0 Å². The van der Waals surface area contributed by atoms with Gasteiger partial charge in [0.15, 0.2) is 0 Å². The van der Waals surface area contributed by atoms with E-state index < -0.39 is 0 Å². The first-order chi connectivity index (χ1) is 4.20. The largest absolute Gasteiger partial charge is 0.259 e. The molecule has 1 aliphatic carbocycles. The molecule has 1 atom stereocenters. The first kappa shape index (κ1) is 6.26. The van der Waals surface area contributed by atoms with Gasteiger partial charge in [-0.2, -0.15) is 0 Å². The maximum Gasteiger partial charge on any atom is 0.242 e. The van der Waals surface area contributed by atoms with Crippen LogP contribution in [0.3, 0.4) is 0 Å². The van der Waals surface area contributed by atoms with E-state index in [0.29, 0.717) is 18.0 Å². The molecule has 0 N–H and O–H groups in total. The average molecular weight is 127 g/mol. The third kappa shape index (κ3) is 1.28. The third-order valence-corrected chi connectivity index (χ3v) is 1.55. The van der Waals surface area contributed by atoms with Crippen LogP contribution >= 0.6 is 0 Å². The summed E-state index contributed by atoms with van der Waals surface area (Å²) in [4.78, 5) is 9.80. The van der Waals surface area contributed by atoms with Crippen LogP contribution in [0.4, 0.5) is 0 Å². The van der Waals surface area contributed by atoms with E-state index in [-0.39, 0.29) is 4.92 Å². The SMILES string of the molecule is C[C@@H]1CC=C([N+](=O)[O-])C1. The summed E-state index contributed by atoms with van der Waals surface area (Å²) in [7, 11) is 0. The van der Waals surface area contributed by atoms with E-state index in [4.69, 9.17) is 0 Å². The summed E-state index contributed by atoms with van der Waals surface area (Å²) in [6, 6.07) is 0. The second-order valence-corrected chi connectivity index (χ2v) is 2.50. The third-order valence-electron chi connectivity index (χ3n) is 1.55. The molecule has 50 valence electrons. The molecule has 0 radical (unpaired) electrons. The molecule has 0 amide bonds. The molecule has 0 saturated carbocycles. The second-order valence-electron chi connectivity index (χ2n) is 2.50. The van der Waals surface area contributed by atoms with Crippen LogP contribution in [-0.2, 0) is 0 Å². The van der Waals surface area contributed by atoms with E-state index in [9.17, 15) is 10.1 Å². The van der Waals surface area contributed by atoms with E-state index in [1.54, 1.807) is 6.08 Å². The number of rotatable bonds is 1. The molecular formula is C6H9NO2. The lowest BCUT2D eigenvalue weighted by Crippen LogP contribution is -1.96. The van der Waals surface area contributed by atoms with Gasteiger partial charge in [0.05, 0.1) is 4.92 Å². The van der Waals surface area contributed by atoms with Gasteiger partial charge >= 0.3 is 0 Å². The lowest BCUT2D eigenvalue weighted by molar-refractivity contribution is -0.427. The van der Waals surface area contributed by atoms with E-state index in [1.165, 1.54) is 0 Å². The number of hydrogen-bond donors (Lipinski definition) is 0. The van der Waals surface area contributed by atoms with Crippen molar-refractivity contribution >= 4 is 0 Å². The van der Waals surface area contributed by atoms with Crippen LogP contribution in [0, 0.1) is 16.0 Å². The fourth-order valence-corrected chi connectivity index (χ4v) is 1.01. The zero-order valence-corrected chi connectivity index (χ0v) is 5.33. The molecule has 0 aromatic rings. The van der Waals surface area contributed by atoms with Crippen LogP contribution in [-0.4, -0.2) is 4.92 Å². The Morgan fingerprint density at radius 2 is 2.56 bits per heavy atom. The minimum Gasteiger partial charge on any atom is -0.259 e. The summed E-state index contributed by atoms with van der Waals surface area (Å²) in [5, 5.41) is 10.1. The molecular weight excluding hydrogens is 118 g/mol. The van der Waals surface area contributed by atoms with Crippen LogP contribution in [0.25, 0.3) is 0 Å². The molecule has 0 saturated heterocycles. The van der Waals surface area contributed by atoms with Crippen molar-refractivity contribution in [3.05, 3.63) is 21.9 Å². The van der Waals surface area contributed by atoms with Crippen LogP contribution in [0.2, 0.25) is 0 Å². The number of nitro groups is 1. The number of hydrogen-bond acceptors (Lipinski definition) is 2. The molecule has 0 heterocycles. The summed E-state index contributed by atoms with van der Waals surface area (Å²) in [6.07, 6.45) is 3.23. The molecule has 1 aliphatic rings. The van der Waals surface area contributed by atoms with Gasteiger partial charge in [0, 0.05) is 6.42 Å². The smallest absolute Gasteiger partial charge is 0.242 e. The van der Waals surface area contributed by atoms with Crippen molar-refractivity contribution in [2.24, 2.45) is 5.92 Å². The van der Waals surface area contributed by atoms with E-state index in [2.05, 4.69) is 0 Å². The molecule has 1 rings (SSSR count). The van der Waals surface area contributed by atoms with Crippen molar-refractivity contribution < 1.29 is 4.92 Å². The molecule has 0 aromatic heterocycles. The van der Waals surface area contributed by atoms with E-state index in [0.717, 1.165) is 6.42 Å². The lowest BCUT2D eigenvalue weighted by Gasteiger charge is -1.93. The topological polar surface area (TPSA) is 43.1 Å². The zero-order valence-electron chi connectivity index (χ0n) is 5.33. The van der Waals surface area contributed by atoms with Gasteiger partial charge in [-0.05, 0) is 18.4 Å². The Morgan fingerprint density at radius 3 is 2.78 bits per heavy atom. The van der Waals surface area contributed by atoms with Crippen LogP contribution in [0.15, 0.2) is 11.8 Å². The monoisotopic (exact) mass is 127 g/mol. The van der Waals surface area contributed by atoms with Crippen molar-refractivity contribution in [2.75, 3.05) is 0 Å². The average Bonchev–Trinajstić information content (AvgIpc) is 2.14. The Labute approximate surface area is 53.5 Å². The highest BCUT2D eigenvalue weighted by Gasteiger charge is 2.20. The Hall–Kier alpha value is -0.860. The first-order valence-corrected chi connectivity index (χ1v) is 3.03. The van der Waals surface area contributed by atoms with Crippen LogP contribution < -0.4 is 0 Å². The summed E-state index contributed by atoms with van der Waals surface area (Å²) in [6.45, 7) is 2.02. The molecule has 0 aromatic carbocycles. The van der Waals surface area contributed by atoms with Gasteiger partial charge in [0.2, 0.25) is 5.70 Å². The summed E-state index contributed by atoms with van der Waals surface area (Å²) in [5.74, 6) is 0.477. The van der Waals surface area contributed by atoms with Crippen molar-refractivity contribution in [1.29, 1.82) is 0 Å². The maximum absolute atomic E-state index is 10.1. The highest BCUT2D eigenvalue weighted by molar-refractivity contribution is 5.00. The maximum atomic E-state index is 10.1. The Bertz CT molecular complexity index is 162. The Balaban J connectivity index is 2.55. The fourth-order valence-electron chi connectivity index (χ4n) is 1.01. The predicted molar refractivity (Wildman–Crippen MR) is 33.5 cm³/mol. The molecule has 0 unspecified atom stereocenters. The highest BCUT2D eigenvalue weighted by Crippen LogP contribution is 2.23. The van der Waals surface area contributed by atoms with E-state index >= 15 is 0 Å². The van der Waals surface area contributed by atoms with Crippen molar-refractivity contribution in [3.8, 4) is 0 Å². The predicted octanol–water partition coefficient (Wildman–Crippen LogP) is 1.58. The van der Waals surface area contributed by atoms with Gasteiger partial charge in [0.25, 0.3) is 0 Å². The number of allylic oxidation sites excluding steroid dienone is 2. The molecule has 3 nitrogen and oxygen atoms in total. The molecule has 0 fully saturated rings. The fraction of sp³-hybridized carbons (Fsp3) is 0.667.